The van der Waals surface area contributed by atoms with Crippen molar-refractivity contribution in [2.45, 2.75) is 33.1 Å². The summed E-state index contributed by atoms with van der Waals surface area (Å²) in [5, 5.41) is 1.66. The molecule has 0 aliphatic rings. The van der Waals surface area contributed by atoms with Crippen LogP contribution in [0.3, 0.4) is 0 Å². The van der Waals surface area contributed by atoms with E-state index in [9.17, 15) is 0 Å². The Balaban J connectivity index is 3.57. The van der Waals surface area contributed by atoms with Crippen LogP contribution in [0.5, 0.6) is 0 Å². The zero-order valence-electron chi connectivity index (χ0n) is 7.51. The second-order valence-electron chi connectivity index (χ2n) is 2.65. The van der Waals surface area contributed by atoms with E-state index in [0.717, 1.165) is 31.5 Å². The van der Waals surface area contributed by atoms with Gasteiger partial charge in [0.15, 0.2) is 0 Å². The van der Waals surface area contributed by atoms with Gasteiger partial charge < -0.3 is 10.7 Å². The van der Waals surface area contributed by atoms with Crippen molar-refractivity contribution in [3.63, 3.8) is 0 Å². The van der Waals surface area contributed by atoms with Crippen LogP contribution in [0.1, 0.15) is 33.1 Å². The van der Waals surface area contributed by atoms with Gasteiger partial charge in [-0.15, -0.1) is 0 Å². The molecular weight excluding hydrogens is 138 g/mol. The van der Waals surface area contributed by atoms with Gasteiger partial charge in [-0.25, -0.2) is 5.84 Å². The summed E-state index contributed by atoms with van der Waals surface area (Å²) in [6.45, 7) is 5.04. The molecule has 0 aromatic rings. The predicted molar refractivity (Wildman–Crippen MR) is 48.4 cm³/mol. The zero-order valence-corrected chi connectivity index (χ0v) is 7.51. The highest BCUT2D eigenvalue weighted by molar-refractivity contribution is 4.93. The summed E-state index contributed by atoms with van der Waals surface area (Å²) < 4.78 is 0. The topological polar surface area (TPSA) is 55.3 Å². The Bertz CT molecular complexity index is 121. The lowest BCUT2D eigenvalue weighted by molar-refractivity contribution is 0.380. The van der Waals surface area contributed by atoms with Crippen LogP contribution in [-0.4, -0.2) is 11.6 Å². The Morgan fingerprint density at radius 1 is 1.45 bits per heavy atom. The first kappa shape index (κ1) is 10.3. The van der Waals surface area contributed by atoms with Crippen molar-refractivity contribution in [3.05, 3.63) is 11.9 Å². The predicted octanol–water partition coefficient (Wildman–Crippen LogP) is 1.17. The molecule has 0 bridgehead atoms. The highest BCUT2D eigenvalue weighted by Crippen LogP contribution is 1.94. The molecule has 0 unspecified atom stereocenters. The molecule has 0 aliphatic carbocycles. The standard InChI is InChI=1S/C8H19N3/c1-3-5-6-11(10)7-8(9)4-2/h7H,3-6,9-10H2,1-2H3/b8-7-. The maximum Gasteiger partial charge on any atom is 0.0342 e. The van der Waals surface area contributed by atoms with Crippen molar-refractivity contribution in [2.24, 2.45) is 11.6 Å². The lowest BCUT2D eigenvalue weighted by Crippen LogP contribution is -2.27. The molecule has 3 nitrogen and oxygen atoms in total. The molecular formula is C8H19N3. The number of nitrogens with two attached hydrogens (primary N) is 2. The first-order chi connectivity index (χ1) is 5.20. The van der Waals surface area contributed by atoms with E-state index in [4.69, 9.17) is 11.6 Å². The van der Waals surface area contributed by atoms with Gasteiger partial charge in [0.1, 0.15) is 0 Å². The third-order valence-corrected chi connectivity index (χ3v) is 1.51. The highest BCUT2D eigenvalue weighted by Gasteiger charge is 1.91. The van der Waals surface area contributed by atoms with Crippen LogP contribution in [0, 0.1) is 0 Å². The van der Waals surface area contributed by atoms with E-state index < -0.39 is 0 Å². The molecule has 0 fully saturated rings. The van der Waals surface area contributed by atoms with E-state index in [-0.39, 0.29) is 0 Å². The van der Waals surface area contributed by atoms with Crippen LogP contribution >= 0.6 is 0 Å². The molecule has 0 saturated heterocycles. The molecule has 0 heterocycles. The average molecular weight is 157 g/mol. The third kappa shape index (κ3) is 5.73. The summed E-state index contributed by atoms with van der Waals surface area (Å²) in [4.78, 5) is 0. The maximum absolute atomic E-state index is 5.61. The lowest BCUT2D eigenvalue weighted by Gasteiger charge is -2.13. The van der Waals surface area contributed by atoms with E-state index in [0.29, 0.717) is 0 Å². The van der Waals surface area contributed by atoms with Gasteiger partial charge in [-0.1, -0.05) is 20.3 Å². The molecule has 0 radical (unpaired) electrons. The summed E-state index contributed by atoms with van der Waals surface area (Å²) in [6, 6.07) is 0. The molecule has 0 saturated carbocycles. The minimum Gasteiger partial charge on any atom is -0.401 e. The van der Waals surface area contributed by atoms with Crippen molar-refractivity contribution in [1.29, 1.82) is 0 Å². The largest absolute Gasteiger partial charge is 0.401 e. The average Bonchev–Trinajstić information content (AvgIpc) is 2.00. The molecule has 11 heavy (non-hydrogen) atoms. The number of rotatable bonds is 5. The van der Waals surface area contributed by atoms with Gasteiger partial charge in [0.2, 0.25) is 0 Å². The van der Waals surface area contributed by atoms with Crippen molar-refractivity contribution in [3.8, 4) is 0 Å². The molecule has 0 spiro atoms. The Morgan fingerprint density at radius 2 is 2.09 bits per heavy atom. The lowest BCUT2D eigenvalue weighted by atomic mass is 10.3. The van der Waals surface area contributed by atoms with E-state index in [2.05, 4.69) is 6.92 Å². The minimum absolute atomic E-state index is 0.837. The summed E-state index contributed by atoms with van der Waals surface area (Å²) >= 11 is 0. The van der Waals surface area contributed by atoms with Crippen molar-refractivity contribution >= 4 is 0 Å². The van der Waals surface area contributed by atoms with Gasteiger partial charge in [0.25, 0.3) is 0 Å². The number of hydrogen-bond acceptors (Lipinski definition) is 3. The van der Waals surface area contributed by atoms with Crippen molar-refractivity contribution in [1.82, 2.24) is 5.01 Å². The van der Waals surface area contributed by atoms with E-state index >= 15 is 0 Å². The molecule has 0 aliphatic heterocycles. The van der Waals surface area contributed by atoms with Gasteiger partial charge in [0, 0.05) is 18.4 Å². The van der Waals surface area contributed by atoms with Gasteiger partial charge in [-0.05, 0) is 12.8 Å². The van der Waals surface area contributed by atoms with Crippen LogP contribution in [0.4, 0.5) is 0 Å². The molecule has 4 N–H and O–H groups in total. The molecule has 0 rings (SSSR count). The van der Waals surface area contributed by atoms with Crippen LogP contribution in [0.25, 0.3) is 0 Å². The number of hydrogen-bond donors (Lipinski definition) is 2. The maximum atomic E-state index is 5.61. The Kier molecular flexibility index (Phi) is 5.65. The SMILES string of the molecule is CCCCN(N)/C=C(\N)CC. The second-order valence-corrected chi connectivity index (χ2v) is 2.65. The Labute approximate surface area is 69.0 Å². The van der Waals surface area contributed by atoms with Gasteiger partial charge in [-0.3, -0.25) is 0 Å². The first-order valence-electron chi connectivity index (χ1n) is 4.18. The highest BCUT2D eigenvalue weighted by atomic mass is 15.4. The fourth-order valence-electron chi connectivity index (χ4n) is 0.710. The Hall–Kier alpha value is -0.700. The van der Waals surface area contributed by atoms with Crippen molar-refractivity contribution < 1.29 is 0 Å². The molecule has 0 aromatic carbocycles. The normalized spacial score (nSPS) is 11.7. The molecule has 0 atom stereocenters. The second kappa shape index (κ2) is 6.04. The fraction of sp³-hybridized carbons (Fsp3) is 0.750. The Morgan fingerprint density at radius 3 is 2.55 bits per heavy atom. The number of unbranched alkanes of at least 4 members (excludes halogenated alkanes) is 1. The number of allylic oxidation sites excluding steroid dienone is 1. The fourth-order valence-corrected chi connectivity index (χ4v) is 0.710. The van der Waals surface area contributed by atoms with Gasteiger partial charge in [-0.2, -0.15) is 0 Å². The van der Waals surface area contributed by atoms with E-state index in [1.165, 1.54) is 0 Å². The van der Waals surface area contributed by atoms with Crippen LogP contribution in [0.2, 0.25) is 0 Å². The van der Waals surface area contributed by atoms with Crippen LogP contribution < -0.4 is 11.6 Å². The molecule has 66 valence electrons. The van der Waals surface area contributed by atoms with E-state index in [1.807, 2.05) is 6.92 Å². The third-order valence-electron chi connectivity index (χ3n) is 1.51. The number of hydrazine groups is 1. The van der Waals surface area contributed by atoms with E-state index in [1.54, 1.807) is 11.2 Å². The first-order valence-corrected chi connectivity index (χ1v) is 4.18. The quantitative estimate of drug-likeness (QED) is 0.465. The van der Waals surface area contributed by atoms with Gasteiger partial charge >= 0.3 is 0 Å². The zero-order chi connectivity index (χ0) is 8.69. The monoisotopic (exact) mass is 157 g/mol. The molecule has 3 heteroatoms. The summed E-state index contributed by atoms with van der Waals surface area (Å²) in [5.74, 6) is 5.61. The molecule has 0 aromatic heterocycles. The number of nitrogens with zero attached hydrogens (tertiary/aromatic N) is 1. The van der Waals surface area contributed by atoms with Crippen LogP contribution in [0.15, 0.2) is 11.9 Å². The molecule has 0 amide bonds. The van der Waals surface area contributed by atoms with Crippen molar-refractivity contribution in [2.75, 3.05) is 6.54 Å². The smallest absolute Gasteiger partial charge is 0.0342 e. The summed E-state index contributed by atoms with van der Waals surface area (Å²) in [6.07, 6.45) is 4.94. The summed E-state index contributed by atoms with van der Waals surface area (Å²) in [7, 11) is 0. The summed E-state index contributed by atoms with van der Waals surface area (Å²) in [5.41, 5.74) is 6.42. The minimum atomic E-state index is 0.837. The van der Waals surface area contributed by atoms with Gasteiger partial charge in [0.05, 0.1) is 0 Å². The van der Waals surface area contributed by atoms with Crippen LogP contribution in [-0.2, 0) is 0 Å².